The largest absolute Gasteiger partial charge is 0.382 e. The molecule has 0 spiro atoms. The molecule has 170 valence electrons. The van der Waals surface area contributed by atoms with Crippen molar-refractivity contribution >= 4 is 29.9 Å². The average Bonchev–Trinajstić information content (AvgIpc) is 3.22. The van der Waals surface area contributed by atoms with Crippen molar-refractivity contribution in [2.75, 3.05) is 60.2 Å². The highest BCUT2D eigenvalue weighted by Gasteiger charge is 2.25. The molecule has 2 aliphatic heterocycles. The Morgan fingerprint density at radius 2 is 1.87 bits per heavy atom. The van der Waals surface area contributed by atoms with E-state index in [1.807, 2.05) is 7.05 Å². The Morgan fingerprint density at radius 3 is 2.60 bits per heavy atom. The smallest absolute Gasteiger partial charge is 0.193 e. The molecule has 6 nitrogen and oxygen atoms in total. The number of halogens is 1. The monoisotopic (exact) mass is 530 g/mol. The van der Waals surface area contributed by atoms with Gasteiger partial charge in [-0.3, -0.25) is 9.89 Å². The first-order valence-electron chi connectivity index (χ1n) is 11.1. The third-order valence-electron chi connectivity index (χ3n) is 5.98. The molecule has 30 heavy (non-hydrogen) atoms. The van der Waals surface area contributed by atoms with E-state index in [4.69, 9.17) is 9.47 Å². The van der Waals surface area contributed by atoms with E-state index in [0.717, 1.165) is 45.2 Å². The Balaban J connectivity index is 0.00000320. The standard InChI is InChI=1S/C23H38N4O2.HI/c1-24-23(27-13-10-20(17-27)19-29-15-14-28-2)25-16-21-8-4-5-9-22(21)18-26-11-6-3-7-12-26;/h4-5,8-9,20H,3,6-7,10-19H2,1-2H3,(H,24,25);1H. The van der Waals surface area contributed by atoms with Gasteiger partial charge in [0, 0.05) is 46.3 Å². The van der Waals surface area contributed by atoms with Crippen LogP contribution in [0.3, 0.4) is 0 Å². The third kappa shape index (κ3) is 7.98. The lowest BCUT2D eigenvalue weighted by molar-refractivity contribution is 0.0536. The van der Waals surface area contributed by atoms with Crippen LogP contribution in [-0.2, 0) is 22.6 Å². The molecular formula is C23H39IN4O2. The predicted molar refractivity (Wildman–Crippen MR) is 134 cm³/mol. The summed E-state index contributed by atoms with van der Waals surface area (Å²) >= 11 is 0. The lowest BCUT2D eigenvalue weighted by Crippen LogP contribution is -2.40. The van der Waals surface area contributed by atoms with Crippen molar-refractivity contribution in [3.63, 3.8) is 0 Å². The summed E-state index contributed by atoms with van der Waals surface area (Å²) in [4.78, 5) is 9.48. The molecule has 3 rings (SSSR count). The summed E-state index contributed by atoms with van der Waals surface area (Å²) in [5.41, 5.74) is 2.81. The molecule has 1 unspecified atom stereocenters. The van der Waals surface area contributed by atoms with Crippen molar-refractivity contribution in [3.05, 3.63) is 35.4 Å². The van der Waals surface area contributed by atoms with Gasteiger partial charge < -0.3 is 19.7 Å². The van der Waals surface area contributed by atoms with E-state index < -0.39 is 0 Å². The molecule has 2 saturated heterocycles. The molecule has 0 saturated carbocycles. The van der Waals surface area contributed by atoms with E-state index in [9.17, 15) is 0 Å². The van der Waals surface area contributed by atoms with E-state index in [-0.39, 0.29) is 24.0 Å². The van der Waals surface area contributed by atoms with Crippen molar-refractivity contribution in [3.8, 4) is 0 Å². The van der Waals surface area contributed by atoms with Gasteiger partial charge in [-0.1, -0.05) is 30.7 Å². The third-order valence-corrected chi connectivity index (χ3v) is 5.98. The van der Waals surface area contributed by atoms with Crippen molar-refractivity contribution in [2.24, 2.45) is 10.9 Å². The van der Waals surface area contributed by atoms with E-state index in [2.05, 4.69) is 44.4 Å². The number of methoxy groups -OCH3 is 1. The fourth-order valence-electron chi connectivity index (χ4n) is 4.30. The second-order valence-corrected chi connectivity index (χ2v) is 8.17. The number of ether oxygens (including phenoxy) is 2. The van der Waals surface area contributed by atoms with Crippen LogP contribution in [0.5, 0.6) is 0 Å². The summed E-state index contributed by atoms with van der Waals surface area (Å²) in [5.74, 6) is 1.56. The second kappa shape index (κ2) is 14.2. The first-order chi connectivity index (χ1) is 14.3. The van der Waals surface area contributed by atoms with Gasteiger partial charge in [0.2, 0.25) is 0 Å². The van der Waals surface area contributed by atoms with Crippen LogP contribution in [0.2, 0.25) is 0 Å². The molecule has 7 heteroatoms. The van der Waals surface area contributed by atoms with E-state index >= 15 is 0 Å². The molecule has 1 N–H and O–H groups in total. The quantitative estimate of drug-likeness (QED) is 0.230. The minimum Gasteiger partial charge on any atom is -0.382 e. The van der Waals surface area contributed by atoms with Gasteiger partial charge in [0.15, 0.2) is 5.96 Å². The van der Waals surface area contributed by atoms with Crippen LogP contribution in [0.4, 0.5) is 0 Å². The fourth-order valence-corrected chi connectivity index (χ4v) is 4.30. The number of nitrogens with zero attached hydrogens (tertiary/aromatic N) is 3. The number of aliphatic imine (C=N–C) groups is 1. The van der Waals surface area contributed by atoms with Crippen LogP contribution in [0.25, 0.3) is 0 Å². The van der Waals surface area contributed by atoms with Crippen molar-refractivity contribution in [1.82, 2.24) is 15.1 Å². The summed E-state index contributed by atoms with van der Waals surface area (Å²) in [6, 6.07) is 8.82. The maximum atomic E-state index is 5.72. The maximum absolute atomic E-state index is 5.72. The summed E-state index contributed by atoms with van der Waals surface area (Å²) in [6.07, 6.45) is 5.19. The minimum absolute atomic E-state index is 0. The van der Waals surface area contributed by atoms with E-state index in [1.165, 1.54) is 43.5 Å². The molecule has 0 amide bonds. The number of likely N-dealkylation sites (tertiary alicyclic amines) is 2. The molecule has 2 fully saturated rings. The predicted octanol–water partition coefficient (Wildman–Crippen LogP) is 3.35. The van der Waals surface area contributed by atoms with Crippen LogP contribution >= 0.6 is 24.0 Å². The number of hydrogen-bond acceptors (Lipinski definition) is 4. The SMILES string of the molecule is CN=C(NCc1ccccc1CN1CCCCC1)N1CCC(COCCOC)C1.I. The zero-order valence-electron chi connectivity index (χ0n) is 18.6. The summed E-state index contributed by atoms with van der Waals surface area (Å²) in [5, 5.41) is 3.60. The van der Waals surface area contributed by atoms with Crippen molar-refractivity contribution in [1.29, 1.82) is 0 Å². The average molecular weight is 530 g/mol. The molecule has 1 atom stereocenters. The van der Waals surface area contributed by atoms with Crippen LogP contribution in [0, 0.1) is 5.92 Å². The Labute approximate surface area is 199 Å². The van der Waals surface area contributed by atoms with Crippen LogP contribution in [0.1, 0.15) is 36.8 Å². The number of piperidine rings is 1. The highest BCUT2D eigenvalue weighted by atomic mass is 127. The van der Waals surface area contributed by atoms with Crippen LogP contribution < -0.4 is 5.32 Å². The molecule has 1 aromatic carbocycles. The Kier molecular flexibility index (Phi) is 12.0. The summed E-state index contributed by atoms with van der Waals surface area (Å²) < 4.78 is 10.8. The molecule has 0 aliphatic carbocycles. The highest BCUT2D eigenvalue weighted by molar-refractivity contribution is 14.0. The molecule has 0 radical (unpaired) electrons. The number of benzene rings is 1. The fraction of sp³-hybridized carbons (Fsp3) is 0.696. The van der Waals surface area contributed by atoms with Gasteiger partial charge >= 0.3 is 0 Å². The molecule has 1 aromatic rings. The number of hydrogen-bond donors (Lipinski definition) is 1. The normalized spacial score (nSPS) is 20.3. The lowest BCUT2D eigenvalue weighted by atomic mass is 10.0. The van der Waals surface area contributed by atoms with Crippen molar-refractivity contribution < 1.29 is 9.47 Å². The molecule has 0 aromatic heterocycles. The Hall–Kier alpha value is -0.900. The molecule has 0 bridgehead atoms. The zero-order valence-corrected chi connectivity index (χ0v) is 21.0. The summed E-state index contributed by atoms with van der Waals surface area (Å²) in [6.45, 7) is 8.51. The number of rotatable bonds is 9. The van der Waals surface area contributed by atoms with Crippen LogP contribution in [-0.4, -0.2) is 75.9 Å². The van der Waals surface area contributed by atoms with Crippen LogP contribution in [0.15, 0.2) is 29.3 Å². The maximum Gasteiger partial charge on any atom is 0.193 e. The molecule has 2 heterocycles. The number of nitrogens with one attached hydrogen (secondary N) is 1. The minimum atomic E-state index is 0. The van der Waals surface area contributed by atoms with E-state index in [1.54, 1.807) is 7.11 Å². The second-order valence-electron chi connectivity index (χ2n) is 8.17. The topological polar surface area (TPSA) is 49.3 Å². The van der Waals surface area contributed by atoms with Gasteiger partial charge in [-0.15, -0.1) is 24.0 Å². The zero-order chi connectivity index (χ0) is 20.3. The highest BCUT2D eigenvalue weighted by Crippen LogP contribution is 2.18. The number of guanidine groups is 1. The lowest BCUT2D eigenvalue weighted by Gasteiger charge is -2.27. The van der Waals surface area contributed by atoms with Gasteiger partial charge in [-0.05, 0) is 43.5 Å². The van der Waals surface area contributed by atoms with Gasteiger partial charge in [0.1, 0.15) is 0 Å². The molecular weight excluding hydrogens is 491 g/mol. The molecule has 2 aliphatic rings. The van der Waals surface area contributed by atoms with Gasteiger partial charge in [-0.2, -0.15) is 0 Å². The first kappa shape index (κ1) is 25.4. The van der Waals surface area contributed by atoms with Crippen molar-refractivity contribution in [2.45, 2.75) is 38.8 Å². The van der Waals surface area contributed by atoms with E-state index in [0.29, 0.717) is 19.1 Å². The van der Waals surface area contributed by atoms with Gasteiger partial charge in [0.05, 0.1) is 19.8 Å². The first-order valence-corrected chi connectivity index (χ1v) is 11.1. The summed E-state index contributed by atoms with van der Waals surface area (Å²) in [7, 11) is 3.59. The van der Waals surface area contributed by atoms with Gasteiger partial charge in [-0.25, -0.2) is 0 Å². The Bertz CT molecular complexity index is 637. The Morgan fingerprint density at radius 1 is 1.10 bits per heavy atom. The van der Waals surface area contributed by atoms with Gasteiger partial charge in [0.25, 0.3) is 0 Å².